The maximum absolute atomic E-state index is 12.1. The van der Waals surface area contributed by atoms with Gasteiger partial charge in [0.15, 0.2) is 0 Å². The molecule has 0 radical (unpaired) electrons. The van der Waals surface area contributed by atoms with Gasteiger partial charge in [-0.1, -0.05) is 24.3 Å². The highest BCUT2D eigenvalue weighted by Gasteiger charge is 2.39. The second kappa shape index (κ2) is 15.0. The minimum Gasteiger partial charge on any atom is -0.502 e. The number of nitrogens with one attached hydrogen (secondary N) is 2. The van der Waals surface area contributed by atoms with Gasteiger partial charge in [0.05, 0.1) is 0 Å². The zero-order valence-electron chi connectivity index (χ0n) is 25.0. The van der Waals surface area contributed by atoms with E-state index in [0.29, 0.717) is 9.46 Å². The summed E-state index contributed by atoms with van der Waals surface area (Å²) in [6.45, 7) is 0. The van der Waals surface area contributed by atoms with Gasteiger partial charge in [-0.2, -0.15) is 9.25 Å². The molecule has 0 saturated heterocycles. The fraction of sp³-hybridized carbons (Fsp3) is 0. The lowest BCUT2D eigenvalue weighted by Crippen LogP contribution is -2.43. The summed E-state index contributed by atoms with van der Waals surface area (Å²) in [5.74, 6) is 8.72. The van der Waals surface area contributed by atoms with Crippen molar-refractivity contribution >= 4 is 59.6 Å². The van der Waals surface area contributed by atoms with Crippen LogP contribution in [0, 0.1) is 0 Å². The third-order valence-corrected chi connectivity index (χ3v) is 8.58. The molecule has 0 aliphatic carbocycles. The third kappa shape index (κ3) is 6.72. The fourth-order valence-electron chi connectivity index (χ4n) is 4.62. The average molecular weight is 748 g/mol. The maximum atomic E-state index is 12.1. The van der Waals surface area contributed by atoms with Crippen LogP contribution in [-0.2, 0) is 18.4 Å². The van der Waals surface area contributed by atoms with Gasteiger partial charge in [-0.3, -0.25) is 20.8 Å². The smallest absolute Gasteiger partial charge is 0.502 e. The molecule has 0 aliphatic rings. The van der Waals surface area contributed by atoms with Crippen molar-refractivity contribution in [2.75, 3.05) is 0 Å². The highest BCUT2D eigenvalue weighted by atomic mass is 31.2. The number of phosphoric acid groups is 1. The third-order valence-electron chi connectivity index (χ3n) is 6.66. The summed E-state index contributed by atoms with van der Waals surface area (Å²) in [6.07, 6.45) is 0. The zero-order chi connectivity index (χ0) is 35.0. The number of hydrogen-bond donors (Lipinski definition) is 13. The monoisotopic (exact) mass is 747 g/mol. The number of fused-ring (bicyclic) bond motifs is 4. The Balaban J connectivity index is 0.000000289. The fourth-order valence-corrected chi connectivity index (χ4v) is 5.70. The summed E-state index contributed by atoms with van der Waals surface area (Å²) < 4.78 is 45.0. The van der Waals surface area contributed by atoms with Crippen LogP contribution < -0.4 is 56.4 Å². The Morgan fingerprint density at radius 2 is 0.880 bits per heavy atom. The average Bonchev–Trinajstić information content (AvgIpc) is 3.09. The lowest BCUT2D eigenvalue weighted by Gasteiger charge is -2.14. The first kappa shape index (κ1) is 39.0. The molecule has 2 heterocycles. The minimum absolute atomic E-state index is 0. The van der Waals surface area contributed by atoms with Crippen LogP contribution in [0.1, 0.15) is 0 Å². The van der Waals surface area contributed by atoms with Crippen LogP contribution in [0.4, 0.5) is 0 Å². The van der Waals surface area contributed by atoms with E-state index in [1.165, 1.54) is 83.3 Å². The lowest BCUT2D eigenvalue weighted by atomic mass is 10.2. The summed E-state index contributed by atoms with van der Waals surface area (Å²) in [4.78, 5) is 0. The second-order valence-electron chi connectivity index (χ2n) is 9.38. The number of phenolic OH excluding ortho intramolecular Hbond substituents is 2. The summed E-state index contributed by atoms with van der Waals surface area (Å²) in [5.41, 5.74) is -0.304. The van der Waals surface area contributed by atoms with Crippen molar-refractivity contribution in [2.24, 2.45) is 11.8 Å². The number of aromatic hydroxyl groups is 2. The van der Waals surface area contributed by atoms with Gasteiger partial charge in [-0.25, -0.2) is 20.9 Å². The molecule has 4 aromatic carbocycles. The Morgan fingerprint density at radius 3 is 1.24 bits per heavy atom. The number of aromatic nitrogens is 4. The van der Waals surface area contributed by atoms with E-state index in [1.807, 2.05) is 0 Å². The highest BCUT2D eigenvalue weighted by molar-refractivity contribution is 7.54. The standard InChI is InChI=1S/C12H16N6O10P2.C12H8N2O4.H3N.H2O/c13-27-30(24,28-14)26-10-6-2-4-8-12(10)18(22)7-3-1-5-9(11(7)17(8)21)25-29(23,15-19)16-20;15-9-5-1-3-7-11(9)14(18)8-4-2-6-10(16)12(8)13(7)17;;/h1-6,19-22H,13-14H2,(H2,15,16,23);1-6,17H,(H-,15,16,18);1H3;1H2/q+2;;;/p+2. The normalized spacial score (nSPS) is 11.4. The molecule has 24 nitrogen and oxygen atoms in total. The van der Waals surface area contributed by atoms with Gasteiger partial charge in [0.1, 0.15) is 0 Å². The van der Waals surface area contributed by atoms with Crippen molar-refractivity contribution in [3.63, 3.8) is 0 Å². The Kier molecular flexibility index (Phi) is 11.7. The Morgan fingerprint density at radius 1 is 0.560 bits per heavy atom. The van der Waals surface area contributed by atoms with E-state index in [4.69, 9.17) is 31.3 Å². The molecule has 0 saturated carbocycles. The maximum Gasteiger partial charge on any atom is 0.563 e. The molecule has 2 aromatic heterocycles. The number of phenols is 2. The summed E-state index contributed by atoms with van der Waals surface area (Å²) in [5, 5.41) is 81.4. The quantitative estimate of drug-likeness (QED) is 0.0308. The molecule has 0 bridgehead atoms. The molecule has 19 N–H and O–H groups in total. The van der Waals surface area contributed by atoms with Crippen LogP contribution in [0.2, 0.25) is 0 Å². The van der Waals surface area contributed by atoms with Gasteiger partial charge in [0.25, 0.3) is 0 Å². The number of para-hydroxylation sites is 4. The van der Waals surface area contributed by atoms with Crippen LogP contribution in [0.15, 0.2) is 72.8 Å². The Labute approximate surface area is 277 Å². The Bertz CT molecular complexity index is 2140. The first-order valence-corrected chi connectivity index (χ1v) is 16.0. The molecule has 50 heavy (non-hydrogen) atoms. The molecule has 6 aromatic rings. The molecular weight excluding hydrogens is 716 g/mol. The molecule has 0 fully saturated rings. The predicted molar refractivity (Wildman–Crippen MR) is 161 cm³/mol. The van der Waals surface area contributed by atoms with Crippen LogP contribution in [0.3, 0.4) is 0 Å². The molecule has 0 unspecified atom stereocenters. The lowest BCUT2D eigenvalue weighted by molar-refractivity contribution is -0.895. The molecule has 268 valence electrons. The Hall–Kier alpha value is -5.46. The van der Waals surface area contributed by atoms with E-state index in [2.05, 4.69) is 9.25 Å². The van der Waals surface area contributed by atoms with Gasteiger partial charge in [-0.15, -0.1) is 10.5 Å². The van der Waals surface area contributed by atoms with Gasteiger partial charge >= 0.3 is 59.6 Å². The van der Waals surface area contributed by atoms with Gasteiger partial charge in [-0.05, 0) is 24.3 Å². The van der Waals surface area contributed by atoms with Crippen molar-refractivity contribution in [3.05, 3.63) is 72.8 Å². The highest BCUT2D eigenvalue weighted by Crippen LogP contribution is 2.47. The van der Waals surface area contributed by atoms with E-state index in [-0.39, 0.29) is 78.8 Å². The summed E-state index contributed by atoms with van der Waals surface area (Å²) >= 11 is 0. The molecular formula is C24H31N9O15P2+4. The van der Waals surface area contributed by atoms with E-state index in [9.17, 15) is 40.2 Å². The molecule has 26 heteroatoms. The number of hydrogen-bond acceptors (Lipinski definition) is 17. The van der Waals surface area contributed by atoms with Crippen LogP contribution in [0.5, 0.6) is 23.0 Å². The van der Waals surface area contributed by atoms with Gasteiger partial charge in [0, 0.05) is 43.2 Å². The van der Waals surface area contributed by atoms with E-state index < -0.39 is 15.5 Å². The van der Waals surface area contributed by atoms with Crippen molar-refractivity contribution in [2.45, 2.75) is 0 Å². The van der Waals surface area contributed by atoms with E-state index >= 15 is 0 Å². The molecule has 6 rings (SSSR count). The van der Waals surface area contributed by atoms with Crippen molar-refractivity contribution in [1.29, 1.82) is 0 Å². The van der Waals surface area contributed by atoms with E-state index in [1.54, 1.807) is 0 Å². The number of nitrogens with zero attached hydrogens (tertiary/aromatic N) is 4. The molecule has 0 amide bonds. The van der Waals surface area contributed by atoms with Crippen molar-refractivity contribution < 1.29 is 93.3 Å². The predicted octanol–water partition coefficient (Wildman–Crippen LogP) is -0.454. The molecule has 0 aliphatic heterocycles. The zero-order valence-corrected chi connectivity index (χ0v) is 26.8. The van der Waals surface area contributed by atoms with Crippen molar-refractivity contribution in [3.8, 4) is 23.0 Å². The first-order chi connectivity index (χ1) is 22.8. The number of rotatable bonds is 8. The minimum atomic E-state index is -4.44. The SMILES string of the molecule is N.NOP(=O)(ON)Oc1cccc2c1[n+](O)c1cccc(OP(=O)(NO)NO)c1[n+]2O.O.Oc1cccc2c1[n+](O)c1cccc(O)c1[n+]2O. The van der Waals surface area contributed by atoms with Crippen LogP contribution in [-0.4, -0.2) is 46.9 Å². The van der Waals surface area contributed by atoms with Crippen LogP contribution >= 0.6 is 15.5 Å². The summed E-state index contributed by atoms with van der Waals surface area (Å²) in [7, 11) is -8.82. The largest absolute Gasteiger partial charge is 0.563 e. The number of nitrogens with two attached hydrogens (primary N) is 2. The first-order valence-electron chi connectivity index (χ1n) is 12.9. The van der Waals surface area contributed by atoms with Gasteiger partial charge in [0.2, 0.25) is 23.0 Å². The topological polar surface area (TPSA) is 391 Å². The summed E-state index contributed by atoms with van der Waals surface area (Å²) in [6, 6.07) is 16.6. The molecule has 0 spiro atoms. The van der Waals surface area contributed by atoms with Gasteiger partial charge < -0.3 is 41.3 Å². The van der Waals surface area contributed by atoms with E-state index in [0.717, 1.165) is 9.46 Å². The van der Waals surface area contributed by atoms with Crippen LogP contribution in [0.25, 0.3) is 44.1 Å². The van der Waals surface area contributed by atoms with Crippen molar-refractivity contribution in [1.82, 2.24) is 16.7 Å². The second-order valence-corrected chi connectivity index (χ2v) is 12.6. The molecule has 0 atom stereocenters. The number of benzene rings is 4.